The van der Waals surface area contributed by atoms with E-state index in [1.807, 2.05) is 0 Å². The number of ether oxygens (including phenoxy) is 4. The fourth-order valence-electron chi connectivity index (χ4n) is 2.41. The second-order valence-electron chi connectivity index (χ2n) is 5.89. The number of esters is 2. The lowest BCUT2D eigenvalue weighted by atomic mass is 10.1. The molecule has 158 valence electrons. The molecule has 1 N–H and O–H groups in total. The van der Waals surface area contributed by atoms with Crippen molar-refractivity contribution < 1.29 is 33.3 Å². The number of benzene rings is 2. The monoisotopic (exact) mass is 413 g/mol. The Balaban J connectivity index is 1.87. The fraction of sp³-hybridized carbons (Fsp3) is 0.227. The molecule has 0 fully saturated rings. The highest BCUT2D eigenvalue weighted by molar-refractivity contribution is 5.95. The predicted molar refractivity (Wildman–Crippen MR) is 111 cm³/mol. The molecule has 0 atom stereocenters. The van der Waals surface area contributed by atoms with Crippen LogP contribution in [-0.4, -0.2) is 45.3 Å². The van der Waals surface area contributed by atoms with E-state index in [9.17, 15) is 14.4 Å². The van der Waals surface area contributed by atoms with Crippen molar-refractivity contribution in [3.05, 3.63) is 59.7 Å². The quantitative estimate of drug-likeness (QED) is 0.498. The van der Waals surface area contributed by atoms with Gasteiger partial charge >= 0.3 is 11.9 Å². The van der Waals surface area contributed by atoms with Crippen molar-refractivity contribution in [3.8, 4) is 11.5 Å². The van der Waals surface area contributed by atoms with Gasteiger partial charge in [-0.2, -0.15) is 0 Å². The molecule has 30 heavy (non-hydrogen) atoms. The Bertz CT molecular complexity index is 920. The number of carbonyl (C=O) groups is 3. The number of amides is 1. The maximum absolute atomic E-state index is 12.0. The van der Waals surface area contributed by atoms with Crippen molar-refractivity contribution >= 4 is 29.6 Å². The highest BCUT2D eigenvalue weighted by Crippen LogP contribution is 2.25. The van der Waals surface area contributed by atoms with Gasteiger partial charge in [-0.15, -0.1) is 0 Å². The largest absolute Gasteiger partial charge is 0.497 e. The highest BCUT2D eigenvalue weighted by atomic mass is 16.5. The van der Waals surface area contributed by atoms with Gasteiger partial charge in [0.15, 0.2) is 6.61 Å². The van der Waals surface area contributed by atoms with Gasteiger partial charge in [0.2, 0.25) is 0 Å². The summed E-state index contributed by atoms with van der Waals surface area (Å²) < 4.78 is 20.2. The van der Waals surface area contributed by atoms with Gasteiger partial charge in [0.1, 0.15) is 11.5 Å². The molecule has 1 amide bonds. The first-order valence-corrected chi connectivity index (χ1v) is 9.10. The van der Waals surface area contributed by atoms with Crippen LogP contribution in [0.25, 0.3) is 6.08 Å². The number of hydrogen-bond donors (Lipinski definition) is 1. The van der Waals surface area contributed by atoms with Gasteiger partial charge in [-0.05, 0) is 55.5 Å². The zero-order valence-corrected chi connectivity index (χ0v) is 17.0. The molecule has 2 rings (SSSR count). The average molecular weight is 413 g/mol. The number of anilines is 1. The van der Waals surface area contributed by atoms with E-state index in [2.05, 4.69) is 5.32 Å². The van der Waals surface area contributed by atoms with Gasteiger partial charge in [0.25, 0.3) is 5.91 Å². The van der Waals surface area contributed by atoms with Crippen LogP contribution in [0.15, 0.2) is 48.5 Å². The number of hydrogen-bond acceptors (Lipinski definition) is 7. The number of nitrogens with one attached hydrogen (secondary N) is 1. The van der Waals surface area contributed by atoms with Crippen LogP contribution in [0.3, 0.4) is 0 Å². The molecule has 0 unspecified atom stereocenters. The van der Waals surface area contributed by atoms with Crippen molar-refractivity contribution in [1.29, 1.82) is 0 Å². The lowest BCUT2D eigenvalue weighted by Gasteiger charge is -2.08. The van der Waals surface area contributed by atoms with E-state index in [1.54, 1.807) is 37.3 Å². The first-order valence-electron chi connectivity index (χ1n) is 9.10. The van der Waals surface area contributed by atoms with Crippen LogP contribution in [0.5, 0.6) is 11.5 Å². The second kappa shape index (κ2) is 11.3. The van der Waals surface area contributed by atoms with Gasteiger partial charge in [-0.1, -0.05) is 0 Å². The van der Waals surface area contributed by atoms with E-state index < -0.39 is 24.5 Å². The molecule has 0 aromatic heterocycles. The summed E-state index contributed by atoms with van der Waals surface area (Å²) in [4.78, 5) is 35.5. The van der Waals surface area contributed by atoms with E-state index in [4.69, 9.17) is 18.9 Å². The van der Waals surface area contributed by atoms with Crippen molar-refractivity contribution in [1.82, 2.24) is 0 Å². The van der Waals surface area contributed by atoms with Gasteiger partial charge in [0.05, 0.1) is 26.4 Å². The molecule has 0 radical (unpaired) electrons. The Morgan fingerprint density at radius 2 is 1.70 bits per heavy atom. The minimum absolute atomic E-state index is 0.279. The standard InChI is InChI=1S/C22H23NO7/c1-4-29-22(26)15-5-8-17(9-6-15)23-20(24)14-30-21(25)12-7-16-13-18(27-2)10-11-19(16)28-3/h5-13H,4,14H2,1-3H3,(H,23,24)/b12-7+. The third-order valence-corrected chi connectivity index (χ3v) is 3.86. The third-order valence-electron chi connectivity index (χ3n) is 3.86. The second-order valence-corrected chi connectivity index (χ2v) is 5.89. The van der Waals surface area contributed by atoms with E-state index in [1.165, 1.54) is 38.5 Å². The molecule has 8 heteroatoms. The summed E-state index contributed by atoms with van der Waals surface area (Å²) in [6.45, 7) is 1.54. The van der Waals surface area contributed by atoms with Gasteiger partial charge in [0, 0.05) is 17.3 Å². The molecule has 0 bridgehead atoms. The first-order chi connectivity index (χ1) is 14.5. The van der Waals surface area contributed by atoms with Crippen molar-refractivity contribution in [2.45, 2.75) is 6.92 Å². The lowest BCUT2D eigenvalue weighted by Crippen LogP contribution is -2.20. The molecule has 0 saturated heterocycles. The smallest absolute Gasteiger partial charge is 0.338 e. The molecule has 0 saturated carbocycles. The summed E-state index contributed by atoms with van der Waals surface area (Å²) in [6, 6.07) is 11.3. The van der Waals surface area contributed by atoms with Gasteiger partial charge in [-0.25, -0.2) is 9.59 Å². The summed E-state index contributed by atoms with van der Waals surface area (Å²) >= 11 is 0. The molecular formula is C22H23NO7. The first kappa shape index (κ1) is 22.5. The molecular weight excluding hydrogens is 390 g/mol. The van der Waals surface area contributed by atoms with E-state index in [0.717, 1.165) is 0 Å². The Labute approximate surface area is 174 Å². The molecule has 2 aromatic rings. The Hall–Kier alpha value is -3.81. The third kappa shape index (κ3) is 6.66. The Kier molecular flexibility index (Phi) is 8.43. The van der Waals surface area contributed by atoms with Gasteiger partial charge in [-0.3, -0.25) is 4.79 Å². The molecule has 2 aromatic carbocycles. The molecule has 8 nitrogen and oxygen atoms in total. The predicted octanol–water partition coefficient (Wildman–Crippen LogP) is 3.08. The van der Waals surface area contributed by atoms with E-state index >= 15 is 0 Å². The van der Waals surface area contributed by atoms with Crippen LogP contribution in [-0.2, 0) is 19.1 Å². The van der Waals surface area contributed by atoms with Crippen LogP contribution in [0.1, 0.15) is 22.8 Å². The number of rotatable bonds is 9. The Morgan fingerprint density at radius 1 is 0.967 bits per heavy atom. The minimum Gasteiger partial charge on any atom is -0.497 e. The summed E-state index contributed by atoms with van der Waals surface area (Å²) in [5, 5.41) is 2.57. The molecule has 0 spiro atoms. The highest BCUT2D eigenvalue weighted by Gasteiger charge is 2.09. The molecule has 0 aliphatic heterocycles. The topological polar surface area (TPSA) is 100 Å². The zero-order chi connectivity index (χ0) is 21.9. The zero-order valence-electron chi connectivity index (χ0n) is 17.0. The Morgan fingerprint density at radius 3 is 2.33 bits per heavy atom. The molecule has 0 aliphatic carbocycles. The van der Waals surface area contributed by atoms with Crippen molar-refractivity contribution in [3.63, 3.8) is 0 Å². The number of carbonyl (C=O) groups excluding carboxylic acids is 3. The van der Waals surface area contributed by atoms with E-state index in [0.29, 0.717) is 28.3 Å². The van der Waals surface area contributed by atoms with Crippen LogP contribution in [0.4, 0.5) is 5.69 Å². The van der Waals surface area contributed by atoms with Gasteiger partial charge < -0.3 is 24.3 Å². The molecule has 0 heterocycles. The SMILES string of the molecule is CCOC(=O)c1ccc(NC(=O)COC(=O)/C=C/c2cc(OC)ccc2OC)cc1. The van der Waals surface area contributed by atoms with Crippen molar-refractivity contribution in [2.75, 3.05) is 32.8 Å². The summed E-state index contributed by atoms with van der Waals surface area (Å²) in [5.74, 6) is -0.475. The van der Waals surface area contributed by atoms with Crippen LogP contribution < -0.4 is 14.8 Å². The maximum atomic E-state index is 12.0. The summed E-state index contributed by atoms with van der Waals surface area (Å²) in [5.41, 5.74) is 1.46. The minimum atomic E-state index is -0.687. The lowest BCUT2D eigenvalue weighted by molar-refractivity contribution is -0.142. The normalized spacial score (nSPS) is 10.4. The van der Waals surface area contributed by atoms with Crippen LogP contribution in [0.2, 0.25) is 0 Å². The average Bonchev–Trinajstić information content (AvgIpc) is 2.76. The van der Waals surface area contributed by atoms with Crippen LogP contribution >= 0.6 is 0 Å². The maximum Gasteiger partial charge on any atom is 0.338 e. The fourth-order valence-corrected chi connectivity index (χ4v) is 2.41. The van der Waals surface area contributed by atoms with E-state index in [-0.39, 0.29) is 6.61 Å². The number of methoxy groups -OCH3 is 2. The summed E-state index contributed by atoms with van der Waals surface area (Å²) in [6.07, 6.45) is 2.70. The molecule has 0 aliphatic rings. The van der Waals surface area contributed by atoms with Crippen LogP contribution in [0, 0.1) is 0 Å². The summed E-state index contributed by atoms with van der Waals surface area (Å²) in [7, 11) is 3.05. The van der Waals surface area contributed by atoms with Crippen molar-refractivity contribution in [2.24, 2.45) is 0 Å².